The van der Waals surface area contributed by atoms with Gasteiger partial charge in [0.15, 0.2) is 5.60 Å². The summed E-state index contributed by atoms with van der Waals surface area (Å²) in [7, 11) is 0. The van der Waals surface area contributed by atoms with E-state index in [0.29, 0.717) is 18.7 Å². The predicted molar refractivity (Wildman–Crippen MR) is 93.2 cm³/mol. The smallest absolute Gasteiger partial charge is 0.269 e. The minimum atomic E-state index is -0.328. The molecule has 4 rings (SSSR count). The molecule has 1 amide bonds. The molecule has 7 nitrogen and oxygen atoms in total. The average Bonchev–Trinajstić information content (AvgIpc) is 3.38. The van der Waals surface area contributed by atoms with Crippen molar-refractivity contribution in [2.45, 2.75) is 37.8 Å². The fourth-order valence-electron chi connectivity index (χ4n) is 4.00. The molecule has 0 radical (unpaired) electrons. The predicted octanol–water partition coefficient (Wildman–Crippen LogP) is 1.21. The topological polar surface area (TPSA) is 70.3 Å². The number of hydrogen-bond acceptors (Lipinski definition) is 6. The molecule has 0 saturated carbocycles. The third-order valence-electron chi connectivity index (χ3n) is 5.40. The quantitative estimate of drug-likeness (QED) is 0.838. The van der Waals surface area contributed by atoms with Crippen LogP contribution in [-0.2, 0) is 16.2 Å². The number of likely N-dealkylation sites (tertiary alicyclic amines) is 2. The molecule has 4 heterocycles. The summed E-state index contributed by atoms with van der Waals surface area (Å²) < 4.78 is 5.13. The first-order chi connectivity index (χ1) is 12.2. The third kappa shape index (κ3) is 3.88. The van der Waals surface area contributed by atoms with E-state index < -0.39 is 0 Å². The molecule has 0 aliphatic carbocycles. The number of carbonyl (C=O) groups excluding carboxylic acids is 1. The lowest BCUT2D eigenvalue weighted by Crippen LogP contribution is -2.39. The SMILES string of the molecule is O=C(NCCN1CCCC1)C1=NO[C@]2(CCN(Cc3ccoc3)C2)C1. The highest BCUT2D eigenvalue weighted by atomic mass is 16.7. The van der Waals surface area contributed by atoms with Crippen LogP contribution >= 0.6 is 0 Å². The van der Waals surface area contributed by atoms with E-state index in [2.05, 4.69) is 20.3 Å². The highest BCUT2D eigenvalue weighted by Gasteiger charge is 2.46. The van der Waals surface area contributed by atoms with Gasteiger partial charge in [-0.3, -0.25) is 9.69 Å². The van der Waals surface area contributed by atoms with Crippen molar-refractivity contribution in [3.05, 3.63) is 24.2 Å². The number of furan rings is 1. The molecule has 0 aromatic carbocycles. The monoisotopic (exact) mass is 346 g/mol. The van der Waals surface area contributed by atoms with Gasteiger partial charge in [0.2, 0.25) is 0 Å². The van der Waals surface area contributed by atoms with Crippen LogP contribution in [-0.4, -0.2) is 66.3 Å². The van der Waals surface area contributed by atoms with Crippen molar-refractivity contribution < 1.29 is 14.0 Å². The second-order valence-corrected chi connectivity index (χ2v) is 7.39. The van der Waals surface area contributed by atoms with Crippen LogP contribution in [0.15, 0.2) is 28.2 Å². The maximum Gasteiger partial charge on any atom is 0.269 e. The van der Waals surface area contributed by atoms with E-state index in [4.69, 9.17) is 9.25 Å². The standard InChI is InChI=1S/C18H26N4O3/c23-17(19-5-9-21-6-1-2-7-21)16-11-18(25-20-16)4-8-22(14-18)12-15-3-10-24-13-15/h3,10,13H,1-2,4-9,11-12,14H2,(H,19,23)/t18-/m1/s1. The van der Waals surface area contributed by atoms with Gasteiger partial charge in [0.25, 0.3) is 5.91 Å². The van der Waals surface area contributed by atoms with Gasteiger partial charge in [-0.25, -0.2) is 0 Å². The maximum absolute atomic E-state index is 12.3. The number of amides is 1. The van der Waals surface area contributed by atoms with Crippen molar-refractivity contribution in [2.75, 3.05) is 39.3 Å². The number of oxime groups is 1. The van der Waals surface area contributed by atoms with E-state index in [1.165, 1.54) is 12.8 Å². The molecule has 0 unspecified atom stereocenters. The summed E-state index contributed by atoms with van der Waals surface area (Å²) in [4.78, 5) is 22.8. The van der Waals surface area contributed by atoms with Crippen molar-refractivity contribution in [1.82, 2.24) is 15.1 Å². The normalized spacial score (nSPS) is 27.0. The van der Waals surface area contributed by atoms with E-state index in [1.54, 1.807) is 12.5 Å². The Hall–Kier alpha value is -1.86. The summed E-state index contributed by atoms with van der Waals surface area (Å²) in [5.74, 6) is -0.0793. The molecule has 3 aliphatic heterocycles. The second-order valence-electron chi connectivity index (χ2n) is 7.39. The number of carbonyl (C=O) groups is 1. The molecule has 1 spiro atoms. The lowest BCUT2D eigenvalue weighted by Gasteiger charge is -2.21. The molecule has 1 atom stereocenters. The zero-order valence-electron chi connectivity index (χ0n) is 14.6. The largest absolute Gasteiger partial charge is 0.472 e. The summed E-state index contributed by atoms with van der Waals surface area (Å²) in [6.45, 7) is 6.49. The Kier molecular flexibility index (Phi) is 4.76. The van der Waals surface area contributed by atoms with Crippen LogP contribution in [0.3, 0.4) is 0 Å². The minimum absolute atomic E-state index is 0.0793. The number of rotatable bonds is 6. The number of nitrogens with zero attached hydrogens (tertiary/aromatic N) is 3. The Bertz CT molecular complexity index is 624. The van der Waals surface area contributed by atoms with E-state index in [-0.39, 0.29) is 11.5 Å². The minimum Gasteiger partial charge on any atom is -0.472 e. The Labute approximate surface area is 148 Å². The zero-order valence-corrected chi connectivity index (χ0v) is 14.6. The second kappa shape index (κ2) is 7.17. The Balaban J connectivity index is 1.22. The first-order valence-corrected chi connectivity index (χ1v) is 9.22. The van der Waals surface area contributed by atoms with Gasteiger partial charge in [-0.15, -0.1) is 0 Å². The molecule has 1 aromatic heterocycles. The van der Waals surface area contributed by atoms with Gasteiger partial charge in [0.1, 0.15) is 5.71 Å². The molecular formula is C18H26N4O3. The van der Waals surface area contributed by atoms with E-state index in [0.717, 1.165) is 51.3 Å². The summed E-state index contributed by atoms with van der Waals surface area (Å²) in [5.41, 5.74) is 1.37. The van der Waals surface area contributed by atoms with E-state index in [1.807, 2.05) is 6.07 Å². The highest BCUT2D eigenvalue weighted by Crippen LogP contribution is 2.34. The number of hydrogen-bond donors (Lipinski definition) is 1. The fourth-order valence-corrected chi connectivity index (χ4v) is 4.00. The first-order valence-electron chi connectivity index (χ1n) is 9.22. The molecule has 2 saturated heterocycles. The molecule has 0 bridgehead atoms. The van der Waals surface area contributed by atoms with Gasteiger partial charge in [-0.1, -0.05) is 5.16 Å². The van der Waals surface area contributed by atoms with Gasteiger partial charge in [0, 0.05) is 51.1 Å². The maximum atomic E-state index is 12.3. The van der Waals surface area contributed by atoms with Crippen LogP contribution in [0, 0.1) is 0 Å². The van der Waals surface area contributed by atoms with Crippen molar-refractivity contribution in [1.29, 1.82) is 0 Å². The Morgan fingerprint density at radius 1 is 1.28 bits per heavy atom. The molecule has 3 aliphatic rings. The van der Waals surface area contributed by atoms with Crippen LogP contribution in [0.25, 0.3) is 0 Å². The van der Waals surface area contributed by atoms with Gasteiger partial charge in [-0.05, 0) is 32.0 Å². The molecule has 1 N–H and O–H groups in total. The van der Waals surface area contributed by atoms with Gasteiger partial charge in [0.05, 0.1) is 12.5 Å². The lowest BCUT2D eigenvalue weighted by molar-refractivity contribution is -0.114. The summed E-state index contributed by atoms with van der Waals surface area (Å²) >= 11 is 0. The van der Waals surface area contributed by atoms with Crippen LogP contribution < -0.4 is 5.32 Å². The van der Waals surface area contributed by atoms with Gasteiger partial charge in [-0.2, -0.15) is 0 Å². The molecule has 7 heteroatoms. The molecular weight excluding hydrogens is 320 g/mol. The first kappa shape index (κ1) is 16.6. The zero-order chi connectivity index (χ0) is 17.1. The average molecular weight is 346 g/mol. The third-order valence-corrected chi connectivity index (χ3v) is 5.40. The van der Waals surface area contributed by atoms with E-state index >= 15 is 0 Å². The fraction of sp³-hybridized carbons (Fsp3) is 0.667. The van der Waals surface area contributed by atoms with Crippen molar-refractivity contribution in [2.24, 2.45) is 5.16 Å². The summed E-state index contributed by atoms with van der Waals surface area (Å²) in [6.07, 6.45) is 7.51. The number of nitrogens with one attached hydrogen (secondary N) is 1. The van der Waals surface area contributed by atoms with Gasteiger partial charge >= 0.3 is 0 Å². The molecule has 2 fully saturated rings. The Morgan fingerprint density at radius 2 is 2.16 bits per heavy atom. The molecule has 136 valence electrons. The van der Waals surface area contributed by atoms with E-state index in [9.17, 15) is 4.79 Å². The Morgan fingerprint density at radius 3 is 2.96 bits per heavy atom. The summed E-state index contributed by atoms with van der Waals surface area (Å²) in [5, 5.41) is 7.09. The van der Waals surface area contributed by atoms with Crippen LogP contribution in [0.4, 0.5) is 0 Å². The molecule has 1 aromatic rings. The van der Waals surface area contributed by atoms with Crippen LogP contribution in [0.5, 0.6) is 0 Å². The lowest BCUT2D eigenvalue weighted by atomic mass is 9.96. The highest BCUT2D eigenvalue weighted by molar-refractivity contribution is 6.39. The summed E-state index contributed by atoms with van der Waals surface area (Å²) in [6, 6.07) is 1.98. The molecule has 25 heavy (non-hydrogen) atoms. The van der Waals surface area contributed by atoms with Crippen molar-refractivity contribution in [3.8, 4) is 0 Å². The van der Waals surface area contributed by atoms with Crippen molar-refractivity contribution in [3.63, 3.8) is 0 Å². The van der Waals surface area contributed by atoms with Crippen molar-refractivity contribution >= 4 is 11.6 Å². The van der Waals surface area contributed by atoms with Gasteiger partial charge < -0.3 is 19.5 Å². The van der Waals surface area contributed by atoms with Crippen LogP contribution in [0.1, 0.15) is 31.2 Å². The van der Waals surface area contributed by atoms with Crippen LogP contribution in [0.2, 0.25) is 0 Å².